The van der Waals surface area contributed by atoms with Crippen molar-refractivity contribution >= 4 is 11.6 Å². The van der Waals surface area contributed by atoms with Gasteiger partial charge in [-0.2, -0.15) is 0 Å². The van der Waals surface area contributed by atoms with Crippen molar-refractivity contribution in [3.63, 3.8) is 0 Å². The number of methoxy groups -OCH3 is 1. The van der Waals surface area contributed by atoms with Crippen LogP contribution in [0.15, 0.2) is 23.8 Å². The van der Waals surface area contributed by atoms with Crippen LogP contribution in [0.4, 0.5) is 0 Å². The van der Waals surface area contributed by atoms with Crippen LogP contribution in [-0.2, 0) is 23.8 Å². The second-order valence-corrected chi connectivity index (χ2v) is 11.4. The third-order valence-electron chi connectivity index (χ3n) is 9.97. The lowest BCUT2D eigenvalue weighted by molar-refractivity contribution is -0.426. The van der Waals surface area contributed by atoms with Crippen LogP contribution in [0.2, 0.25) is 0 Å². The van der Waals surface area contributed by atoms with Gasteiger partial charge in [-0.15, -0.1) is 0 Å². The zero-order valence-electron chi connectivity index (χ0n) is 20.4. The van der Waals surface area contributed by atoms with Gasteiger partial charge < -0.3 is 19.3 Å². The van der Waals surface area contributed by atoms with Gasteiger partial charge in [0, 0.05) is 30.3 Å². The van der Waals surface area contributed by atoms with Crippen LogP contribution in [-0.4, -0.2) is 48.1 Å². The highest BCUT2D eigenvalue weighted by Crippen LogP contribution is 2.68. The number of aliphatic hydroxyl groups excluding tert-OH is 1. The summed E-state index contributed by atoms with van der Waals surface area (Å²) in [6, 6.07) is 0. The smallest absolute Gasteiger partial charge is 0.284 e. The molecule has 8 atom stereocenters. The molecule has 33 heavy (non-hydrogen) atoms. The Balaban J connectivity index is 1.51. The van der Waals surface area contributed by atoms with E-state index in [0.29, 0.717) is 19.3 Å². The molecule has 5 rings (SSSR count). The van der Waals surface area contributed by atoms with Gasteiger partial charge in [0.25, 0.3) is 5.97 Å². The molecule has 0 aromatic rings. The van der Waals surface area contributed by atoms with Gasteiger partial charge in [0.1, 0.15) is 12.2 Å². The Kier molecular flexibility index (Phi) is 5.56. The maximum Gasteiger partial charge on any atom is 0.284 e. The Morgan fingerprint density at radius 2 is 2.03 bits per heavy atom. The van der Waals surface area contributed by atoms with Gasteiger partial charge >= 0.3 is 0 Å². The number of aliphatic hydroxyl groups is 1. The number of hydrogen-bond acceptors (Lipinski definition) is 6. The van der Waals surface area contributed by atoms with E-state index in [-0.39, 0.29) is 41.3 Å². The number of Topliss-reactive ketones (excluding diaryl/α,β-unsaturated/α-hetero) is 1. The first-order chi connectivity index (χ1) is 15.6. The molecule has 8 unspecified atom stereocenters. The molecular formula is C27H38O6. The molecule has 1 saturated heterocycles. The molecule has 0 bridgehead atoms. The van der Waals surface area contributed by atoms with Gasteiger partial charge in [-0.25, -0.2) is 0 Å². The fraction of sp³-hybridized carbons (Fsp3) is 0.778. The monoisotopic (exact) mass is 458 g/mol. The molecule has 1 aliphatic heterocycles. The zero-order valence-corrected chi connectivity index (χ0v) is 20.4. The van der Waals surface area contributed by atoms with Crippen LogP contribution < -0.4 is 0 Å². The van der Waals surface area contributed by atoms with E-state index in [1.165, 1.54) is 0 Å². The molecule has 182 valence electrons. The van der Waals surface area contributed by atoms with E-state index >= 15 is 0 Å². The molecule has 0 aromatic carbocycles. The predicted octanol–water partition coefficient (Wildman–Crippen LogP) is 4.11. The summed E-state index contributed by atoms with van der Waals surface area (Å²) in [7, 11) is 1.59. The van der Waals surface area contributed by atoms with Gasteiger partial charge in [0.15, 0.2) is 11.6 Å². The quantitative estimate of drug-likeness (QED) is 0.683. The topological polar surface area (TPSA) is 82.1 Å². The second-order valence-electron chi connectivity index (χ2n) is 11.4. The first-order valence-corrected chi connectivity index (χ1v) is 12.7. The summed E-state index contributed by atoms with van der Waals surface area (Å²) in [5, 5.41) is 11.6. The lowest BCUT2D eigenvalue weighted by Gasteiger charge is -2.61. The standard InChI is InChI=1S/C27H38O6/c1-5-6-11-27(31-4)32-16-22(30)26(33-27)13-10-20-19-8-7-17-14-18(28)9-12-24(17,2)23(19)21(29)15-25(20,26)3/h9,12,14,19-21,23,29H,5-8,10-11,13,15-16H2,1-4H3. The van der Waals surface area contributed by atoms with Crippen molar-refractivity contribution in [1.29, 1.82) is 0 Å². The van der Waals surface area contributed by atoms with Crippen LogP contribution in [0.3, 0.4) is 0 Å². The van der Waals surface area contributed by atoms with E-state index < -0.39 is 23.1 Å². The van der Waals surface area contributed by atoms with E-state index in [1.54, 1.807) is 19.3 Å². The summed E-state index contributed by atoms with van der Waals surface area (Å²) in [6.45, 7) is 6.42. The molecule has 1 spiro atoms. The van der Waals surface area contributed by atoms with Crippen LogP contribution in [0.25, 0.3) is 0 Å². The Hall–Kier alpha value is -1.34. The number of fused-ring (bicyclic) bond motifs is 6. The number of ketones is 2. The van der Waals surface area contributed by atoms with Crippen LogP contribution in [0.1, 0.15) is 72.1 Å². The molecule has 6 heteroatoms. The molecule has 5 aliphatic rings. The Labute approximate surface area is 196 Å². The molecular weight excluding hydrogens is 420 g/mol. The Morgan fingerprint density at radius 3 is 2.76 bits per heavy atom. The van der Waals surface area contributed by atoms with Gasteiger partial charge in [-0.05, 0) is 62.5 Å². The average molecular weight is 459 g/mol. The van der Waals surface area contributed by atoms with E-state index in [9.17, 15) is 14.7 Å². The van der Waals surface area contributed by atoms with Crippen molar-refractivity contribution in [1.82, 2.24) is 0 Å². The Morgan fingerprint density at radius 1 is 1.24 bits per heavy atom. The highest BCUT2D eigenvalue weighted by Gasteiger charge is 2.71. The minimum Gasteiger partial charge on any atom is -0.393 e. The van der Waals surface area contributed by atoms with Crippen molar-refractivity contribution < 1.29 is 28.9 Å². The third-order valence-corrected chi connectivity index (χ3v) is 9.97. The SMILES string of the molecule is CCCCC1(OC)OCC(=O)C2(CCC3C4CCC5=CC(=O)C=CC5(C)C4C(O)CC32C)O1. The summed E-state index contributed by atoms with van der Waals surface area (Å²) in [4.78, 5) is 25.5. The Bertz CT molecular complexity index is 908. The van der Waals surface area contributed by atoms with Gasteiger partial charge in [-0.1, -0.05) is 38.8 Å². The maximum absolute atomic E-state index is 13.5. The van der Waals surface area contributed by atoms with E-state index in [2.05, 4.69) is 20.8 Å². The lowest BCUT2D eigenvalue weighted by Crippen LogP contribution is -2.67. The van der Waals surface area contributed by atoms with Crippen molar-refractivity contribution in [3.8, 4) is 0 Å². The molecule has 4 fully saturated rings. The fourth-order valence-corrected chi connectivity index (χ4v) is 8.30. The predicted molar refractivity (Wildman–Crippen MR) is 122 cm³/mol. The molecule has 1 N–H and O–H groups in total. The number of carbonyl (C=O) groups excluding carboxylic acids is 2. The molecule has 4 aliphatic carbocycles. The first-order valence-electron chi connectivity index (χ1n) is 12.7. The number of hydrogen-bond donors (Lipinski definition) is 1. The van der Waals surface area contributed by atoms with E-state index in [1.807, 2.05) is 6.08 Å². The summed E-state index contributed by atoms with van der Waals surface area (Å²) in [5.41, 5.74) is -0.661. The lowest BCUT2D eigenvalue weighted by atomic mass is 9.46. The number of unbranched alkanes of at least 4 members (excludes halogenated alkanes) is 1. The third kappa shape index (κ3) is 3.13. The average Bonchev–Trinajstić information content (AvgIpc) is 3.07. The van der Waals surface area contributed by atoms with Crippen molar-refractivity contribution in [3.05, 3.63) is 23.8 Å². The molecule has 1 heterocycles. The van der Waals surface area contributed by atoms with Crippen LogP contribution in [0, 0.1) is 28.6 Å². The highest BCUT2D eigenvalue weighted by atomic mass is 16.9. The molecule has 0 amide bonds. The van der Waals surface area contributed by atoms with Gasteiger partial charge in [0.05, 0.1) is 6.10 Å². The van der Waals surface area contributed by atoms with E-state index in [4.69, 9.17) is 14.2 Å². The largest absolute Gasteiger partial charge is 0.393 e. The second kappa shape index (κ2) is 7.84. The molecule has 0 radical (unpaired) electrons. The van der Waals surface area contributed by atoms with Crippen molar-refractivity contribution in [2.45, 2.75) is 89.8 Å². The minimum atomic E-state index is -1.20. The highest BCUT2D eigenvalue weighted by molar-refractivity contribution is 6.01. The first kappa shape index (κ1) is 23.4. The summed E-state index contributed by atoms with van der Waals surface area (Å²) in [5.74, 6) is -0.613. The zero-order chi connectivity index (χ0) is 23.6. The summed E-state index contributed by atoms with van der Waals surface area (Å²) < 4.78 is 18.3. The van der Waals surface area contributed by atoms with Crippen LogP contribution >= 0.6 is 0 Å². The van der Waals surface area contributed by atoms with Crippen LogP contribution in [0.5, 0.6) is 0 Å². The van der Waals surface area contributed by atoms with Crippen molar-refractivity contribution in [2.24, 2.45) is 28.6 Å². The normalized spacial score (nSPS) is 48.9. The molecule has 6 nitrogen and oxygen atoms in total. The number of rotatable bonds is 4. The minimum absolute atomic E-state index is 0.0144. The molecule has 0 aromatic heterocycles. The van der Waals surface area contributed by atoms with E-state index in [0.717, 1.165) is 37.7 Å². The number of carbonyl (C=O) groups is 2. The van der Waals surface area contributed by atoms with Crippen molar-refractivity contribution in [2.75, 3.05) is 13.7 Å². The number of ether oxygens (including phenoxy) is 3. The maximum atomic E-state index is 13.5. The van der Waals surface area contributed by atoms with Gasteiger partial charge in [-0.3, -0.25) is 9.59 Å². The number of allylic oxidation sites excluding steroid dienone is 4. The van der Waals surface area contributed by atoms with Gasteiger partial charge in [0.2, 0.25) is 0 Å². The fourth-order valence-electron chi connectivity index (χ4n) is 8.30. The summed E-state index contributed by atoms with van der Waals surface area (Å²) >= 11 is 0. The molecule has 3 saturated carbocycles. The summed E-state index contributed by atoms with van der Waals surface area (Å²) in [6.07, 6.45) is 11.1.